The van der Waals surface area contributed by atoms with Crippen molar-refractivity contribution >= 4 is 11.5 Å². The van der Waals surface area contributed by atoms with Crippen LogP contribution in [0.1, 0.15) is 68.9 Å². The van der Waals surface area contributed by atoms with Crippen LogP contribution in [0.4, 0.5) is 5.69 Å². The number of aliphatic hydroxyl groups is 1. The van der Waals surface area contributed by atoms with Crippen LogP contribution in [0.15, 0.2) is 41.0 Å². The Bertz CT molecular complexity index is 1030. The van der Waals surface area contributed by atoms with E-state index in [1.807, 2.05) is 6.08 Å². The molecular formula is C29H37NO3. The summed E-state index contributed by atoms with van der Waals surface area (Å²) in [5, 5.41) is 11.1. The molecule has 0 amide bonds. The summed E-state index contributed by atoms with van der Waals surface area (Å²) in [5.41, 5.74) is 8.47. The van der Waals surface area contributed by atoms with E-state index in [1.54, 1.807) is 5.57 Å². The molecule has 4 heteroatoms. The Hall–Kier alpha value is -1.91. The summed E-state index contributed by atoms with van der Waals surface area (Å²) >= 11 is 0. The summed E-state index contributed by atoms with van der Waals surface area (Å²) in [7, 11) is 0. The topological polar surface area (TPSA) is 49.8 Å². The van der Waals surface area contributed by atoms with Crippen molar-refractivity contribution in [2.75, 3.05) is 31.2 Å². The first-order valence-electron chi connectivity index (χ1n) is 13.0. The van der Waals surface area contributed by atoms with Crippen molar-refractivity contribution in [1.29, 1.82) is 0 Å². The molecule has 0 bridgehead atoms. The van der Waals surface area contributed by atoms with Crippen LogP contribution in [-0.2, 0) is 9.53 Å². The number of carbonyl (C=O) groups excluding carboxylic acids is 1. The Morgan fingerprint density at radius 3 is 2.70 bits per heavy atom. The number of anilines is 1. The first-order chi connectivity index (χ1) is 16.0. The fraction of sp³-hybridized carbons (Fsp3) is 0.621. The van der Waals surface area contributed by atoms with Gasteiger partial charge in [-0.25, -0.2) is 0 Å². The molecule has 6 rings (SSSR count). The lowest BCUT2D eigenvalue weighted by Crippen LogP contribution is -2.45. The number of benzene rings is 1. The third-order valence-corrected chi connectivity index (χ3v) is 9.66. The molecule has 5 unspecified atom stereocenters. The number of ketones is 1. The number of hydrogen-bond acceptors (Lipinski definition) is 4. The molecule has 0 radical (unpaired) electrons. The monoisotopic (exact) mass is 447 g/mol. The van der Waals surface area contributed by atoms with Gasteiger partial charge in [0, 0.05) is 31.1 Å². The molecule has 176 valence electrons. The molecule has 5 aliphatic rings. The maximum Gasteiger partial charge on any atom is 0.156 e. The number of hydrogen-bond donors (Lipinski definition) is 1. The van der Waals surface area contributed by atoms with Crippen molar-refractivity contribution in [2.45, 2.75) is 70.8 Å². The molecule has 1 aromatic rings. The van der Waals surface area contributed by atoms with E-state index in [0.29, 0.717) is 30.0 Å². The molecule has 0 aromatic heterocycles. The molecule has 4 aliphatic carbocycles. The van der Waals surface area contributed by atoms with Gasteiger partial charge in [0.25, 0.3) is 0 Å². The van der Waals surface area contributed by atoms with Gasteiger partial charge in [0.05, 0.1) is 19.3 Å². The number of allylic oxidation sites excluding steroid dienone is 4. The van der Waals surface area contributed by atoms with E-state index in [1.165, 1.54) is 28.0 Å². The zero-order valence-corrected chi connectivity index (χ0v) is 20.1. The minimum atomic E-state index is -0.199. The van der Waals surface area contributed by atoms with Crippen molar-refractivity contribution in [1.82, 2.24) is 0 Å². The first-order valence-corrected chi connectivity index (χ1v) is 13.0. The SMILES string of the molecule is Cc1cc(C2CC3(C)C(O)CCC3C3CCC4=CC(=O)CCC4=C23)ccc1N1CCOCC1. The summed E-state index contributed by atoms with van der Waals surface area (Å²) < 4.78 is 5.56. The number of nitrogens with zero attached hydrogens (tertiary/aromatic N) is 1. The minimum Gasteiger partial charge on any atom is -0.393 e. The normalized spacial score (nSPS) is 36.3. The maximum atomic E-state index is 12.2. The molecule has 1 N–H and O–H groups in total. The lowest BCUT2D eigenvalue weighted by molar-refractivity contribution is -0.114. The van der Waals surface area contributed by atoms with Crippen LogP contribution in [-0.4, -0.2) is 43.3 Å². The van der Waals surface area contributed by atoms with Crippen LogP contribution in [0, 0.1) is 24.2 Å². The van der Waals surface area contributed by atoms with Gasteiger partial charge in [0.1, 0.15) is 0 Å². The predicted octanol–water partition coefficient (Wildman–Crippen LogP) is 5.09. The Morgan fingerprint density at radius 1 is 1.09 bits per heavy atom. The van der Waals surface area contributed by atoms with Crippen molar-refractivity contribution in [3.8, 4) is 0 Å². The molecule has 1 aliphatic heterocycles. The number of aryl methyl sites for hydroxylation is 1. The van der Waals surface area contributed by atoms with Gasteiger partial charge in [-0.2, -0.15) is 0 Å². The van der Waals surface area contributed by atoms with Crippen LogP contribution >= 0.6 is 0 Å². The maximum absolute atomic E-state index is 12.2. The summed E-state index contributed by atoms with van der Waals surface area (Å²) in [6.45, 7) is 8.10. The summed E-state index contributed by atoms with van der Waals surface area (Å²) in [6, 6.07) is 7.08. The van der Waals surface area contributed by atoms with Gasteiger partial charge in [-0.15, -0.1) is 0 Å². The zero-order chi connectivity index (χ0) is 22.7. The van der Waals surface area contributed by atoms with Crippen molar-refractivity contribution in [3.05, 3.63) is 52.1 Å². The van der Waals surface area contributed by atoms with Crippen LogP contribution in [0.25, 0.3) is 0 Å². The Balaban J connectivity index is 1.44. The Kier molecular flexibility index (Phi) is 5.30. The van der Waals surface area contributed by atoms with Gasteiger partial charge in [-0.1, -0.05) is 24.6 Å². The number of aliphatic hydroxyl groups excluding tert-OH is 1. The number of fused-ring (bicyclic) bond motifs is 4. The third kappa shape index (κ3) is 3.44. The van der Waals surface area contributed by atoms with Gasteiger partial charge in [0.15, 0.2) is 5.78 Å². The molecule has 4 nitrogen and oxygen atoms in total. The highest BCUT2D eigenvalue weighted by Gasteiger charge is 2.56. The lowest BCUT2D eigenvalue weighted by Gasteiger charge is -2.52. The van der Waals surface area contributed by atoms with Gasteiger partial charge in [0.2, 0.25) is 0 Å². The van der Waals surface area contributed by atoms with Crippen LogP contribution < -0.4 is 4.90 Å². The number of rotatable bonds is 2. The standard InChI is InChI=1S/C29H37NO3/c1-18-15-19(4-9-26(18)30-11-13-33-14-12-30)24-17-29(2)25(8-10-27(29)32)23-6-3-20-16-21(31)5-7-22(20)28(23)24/h4,9,15-16,23-25,27,32H,3,5-8,10-14,17H2,1-2H3. The first kappa shape index (κ1) is 21.6. The highest BCUT2D eigenvalue weighted by atomic mass is 16.5. The van der Waals surface area contributed by atoms with Crippen molar-refractivity contribution < 1.29 is 14.6 Å². The highest BCUT2D eigenvalue weighted by Crippen LogP contribution is 2.63. The van der Waals surface area contributed by atoms with Gasteiger partial charge in [-0.3, -0.25) is 4.79 Å². The molecule has 1 aromatic carbocycles. The molecule has 5 atom stereocenters. The highest BCUT2D eigenvalue weighted by molar-refractivity contribution is 5.93. The summed E-state index contributed by atoms with van der Waals surface area (Å²) in [4.78, 5) is 14.6. The molecule has 1 saturated heterocycles. The van der Waals surface area contributed by atoms with Gasteiger partial charge < -0.3 is 14.7 Å². The van der Waals surface area contributed by atoms with E-state index in [9.17, 15) is 9.90 Å². The van der Waals surface area contributed by atoms with Crippen molar-refractivity contribution in [3.63, 3.8) is 0 Å². The van der Waals surface area contributed by atoms with Crippen LogP contribution in [0.5, 0.6) is 0 Å². The van der Waals surface area contributed by atoms with E-state index < -0.39 is 0 Å². The predicted molar refractivity (Wildman–Crippen MR) is 130 cm³/mol. The quantitative estimate of drug-likeness (QED) is 0.686. The second kappa shape index (κ2) is 8.09. The smallest absolute Gasteiger partial charge is 0.156 e. The number of carbonyl (C=O) groups is 1. The largest absolute Gasteiger partial charge is 0.393 e. The molecule has 33 heavy (non-hydrogen) atoms. The average molecular weight is 448 g/mol. The second-order valence-electron chi connectivity index (χ2n) is 11.3. The van der Waals surface area contributed by atoms with E-state index in [0.717, 1.165) is 64.8 Å². The average Bonchev–Trinajstić information content (AvgIpc) is 3.12. The Labute approximate surface area is 197 Å². The third-order valence-electron chi connectivity index (χ3n) is 9.66. The van der Waals surface area contributed by atoms with E-state index in [4.69, 9.17) is 4.74 Å². The Morgan fingerprint density at radius 2 is 1.91 bits per heavy atom. The van der Waals surface area contributed by atoms with E-state index in [-0.39, 0.29) is 11.5 Å². The van der Waals surface area contributed by atoms with Crippen molar-refractivity contribution in [2.24, 2.45) is 17.3 Å². The minimum absolute atomic E-state index is 0.0120. The van der Waals surface area contributed by atoms with Crippen LogP contribution in [0.2, 0.25) is 0 Å². The molecular weight excluding hydrogens is 410 g/mol. The summed E-state index contributed by atoms with van der Waals surface area (Å²) in [5.74, 6) is 1.75. The van der Waals surface area contributed by atoms with E-state index in [2.05, 4.69) is 36.9 Å². The zero-order valence-electron chi connectivity index (χ0n) is 20.1. The second-order valence-corrected chi connectivity index (χ2v) is 11.3. The molecule has 2 saturated carbocycles. The fourth-order valence-corrected chi connectivity index (χ4v) is 7.99. The molecule has 3 fully saturated rings. The van der Waals surface area contributed by atoms with Gasteiger partial charge >= 0.3 is 0 Å². The molecule has 0 spiro atoms. The van der Waals surface area contributed by atoms with Gasteiger partial charge in [-0.05, 0) is 97.1 Å². The molecule has 1 heterocycles. The lowest BCUT2D eigenvalue weighted by atomic mass is 9.53. The fourth-order valence-electron chi connectivity index (χ4n) is 7.99. The summed E-state index contributed by atoms with van der Waals surface area (Å²) in [6.07, 6.45) is 8.56. The van der Waals surface area contributed by atoms with E-state index >= 15 is 0 Å². The van der Waals surface area contributed by atoms with Crippen LogP contribution in [0.3, 0.4) is 0 Å². The number of morpholine rings is 1. The number of ether oxygens (including phenoxy) is 1.